The van der Waals surface area contributed by atoms with Crippen LogP contribution in [0.3, 0.4) is 0 Å². The summed E-state index contributed by atoms with van der Waals surface area (Å²) in [6, 6.07) is 17.8. The first-order valence-electron chi connectivity index (χ1n) is 11.1. The van der Waals surface area contributed by atoms with Crippen molar-refractivity contribution in [1.82, 2.24) is 10.2 Å². The standard InChI is InChI=1S/C26H38N2O2/c1-20-19-28(3)21(2)16-26(20,17-22-9-7-6-8-10-22)13-14-27-18-23-11-12-24(29-4)25(15-23)30-5/h6-12,15,20-21,27H,13-14,16-19H2,1-5H3/t20-,21-,26-/m1/s1. The zero-order valence-corrected chi connectivity index (χ0v) is 19.3. The van der Waals surface area contributed by atoms with Gasteiger partial charge in [0.1, 0.15) is 0 Å². The molecule has 30 heavy (non-hydrogen) atoms. The van der Waals surface area contributed by atoms with Crippen LogP contribution in [0.5, 0.6) is 11.5 Å². The molecule has 0 amide bonds. The smallest absolute Gasteiger partial charge is 0.161 e. The summed E-state index contributed by atoms with van der Waals surface area (Å²) in [7, 11) is 5.62. The van der Waals surface area contributed by atoms with Crippen molar-refractivity contribution in [2.45, 2.75) is 45.7 Å². The number of nitrogens with zero attached hydrogens (tertiary/aromatic N) is 1. The lowest BCUT2D eigenvalue weighted by molar-refractivity contribution is 0.0132. The molecule has 3 atom stereocenters. The molecule has 4 heteroatoms. The van der Waals surface area contributed by atoms with Crippen LogP contribution >= 0.6 is 0 Å². The van der Waals surface area contributed by atoms with Crippen LogP contribution in [0.4, 0.5) is 0 Å². The Labute approximate surface area is 182 Å². The number of ether oxygens (including phenoxy) is 2. The second-order valence-corrected chi connectivity index (χ2v) is 9.03. The van der Waals surface area contributed by atoms with Crippen molar-refractivity contribution in [3.63, 3.8) is 0 Å². The Kier molecular flexibility index (Phi) is 7.79. The molecule has 0 aromatic heterocycles. The van der Waals surface area contributed by atoms with Gasteiger partial charge in [0.05, 0.1) is 14.2 Å². The number of hydrogen-bond acceptors (Lipinski definition) is 4. The Morgan fingerprint density at radius 2 is 1.73 bits per heavy atom. The van der Waals surface area contributed by atoms with Crippen molar-refractivity contribution in [1.29, 1.82) is 0 Å². The van der Waals surface area contributed by atoms with Crippen molar-refractivity contribution < 1.29 is 9.47 Å². The van der Waals surface area contributed by atoms with E-state index in [1.54, 1.807) is 14.2 Å². The van der Waals surface area contributed by atoms with Gasteiger partial charge in [0.25, 0.3) is 0 Å². The molecular formula is C26H38N2O2. The molecule has 1 aliphatic heterocycles. The van der Waals surface area contributed by atoms with Gasteiger partial charge in [-0.15, -0.1) is 0 Å². The van der Waals surface area contributed by atoms with Gasteiger partial charge in [0.2, 0.25) is 0 Å². The highest BCUT2D eigenvalue weighted by molar-refractivity contribution is 5.42. The van der Waals surface area contributed by atoms with Crippen molar-refractivity contribution >= 4 is 0 Å². The van der Waals surface area contributed by atoms with Crippen LogP contribution < -0.4 is 14.8 Å². The Balaban J connectivity index is 1.65. The van der Waals surface area contributed by atoms with Crippen molar-refractivity contribution in [3.05, 3.63) is 59.7 Å². The minimum absolute atomic E-state index is 0.331. The highest BCUT2D eigenvalue weighted by Gasteiger charge is 2.42. The van der Waals surface area contributed by atoms with Gasteiger partial charge in [-0.1, -0.05) is 43.3 Å². The van der Waals surface area contributed by atoms with E-state index in [4.69, 9.17) is 9.47 Å². The largest absolute Gasteiger partial charge is 0.493 e. The van der Waals surface area contributed by atoms with Gasteiger partial charge in [-0.05, 0) is 74.4 Å². The SMILES string of the molecule is COc1ccc(CNCC[C@]2(Cc3ccccc3)C[C@@H](C)N(C)C[C@H]2C)cc1OC. The molecule has 1 heterocycles. The van der Waals surface area contributed by atoms with E-state index < -0.39 is 0 Å². The molecule has 2 aromatic carbocycles. The van der Waals surface area contributed by atoms with Gasteiger partial charge >= 0.3 is 0 Å². The van der Waals surface area contributed by atoms with Gasteiger partial charge < -0.3 is 19.7 Å². The molecule has 4 nitrogen and oxygen atoms in total. The van der Waals surface area contributed by atoms with Crippen LogP contribution in [-0.4, -0.2) is 45.3 Å². The van der Waals surface area contributed by atoms with Gasteiger partial charge in [-0.25, -0.2) is 0 Å². The molecule has 1 N–H and O–H groups in total. The topological polar surface area (TPSA) is 33.7 Å². The second kappa shape index (κ2) is 10.3. The molecule has 0 unspecified atom stereocenters. The third-order valence-electron chi connectivity index (χ3n) is 7.04. The summed E-state index contributed by atoms with van der Waals surface area (Å²) < 4.78 is 10.8. The van der Waals surface area contributed by atoms with E-state index in [0.29, 0.717) is 17.4 Å². The first kappa shape index (κ1) is 22.6. The van der Waals surface area contributed by atoms with Crippen LogP contribution in [0.15, 0.2) is 48.5 Å². The second-order valence-electron chi connectivity index (χ2n) is 9.03. The number of rotatable bonds is 9. The molecule has 0 bridgehead atoms. The van der Waals surface area contributed by atoms with Crippen LogP contribution in [0.1, 0.15) is 37.8 Å². The van der Waals surface area contributed by atoms with E-state index >= 15 is 0 Å². The van der Waals surface area contributed by atoms with E-state index in [1.807, 2.05) is 6.07 Å². The maximum absolute atomic E-state index is 5.44. The lowest BCUT2D eigenvalue weighted by atomic mass is 9.63. The molecule has 1 fully saturated rings. The first-order chi connectivity index (χ1) is 14.5. The predicted molar refractivity (Wildman–Crippen MR) is 124 cm³/mol. The molecule has 3 rings (SSSR count). The molecule has 0 aliphatic carbocycles. The molecule has 0 radical (unpaired) electrons. The quantitative estimate of drug-likeness (QED) is 0.604. The summed E-state index contributed by atoms with van der Waals surface area (Å²) in [5, 5.41) is 3.68. The van der Waals surface area contributed by atoms with Crippen molar-refractivity contribution in [3.8, 4) is 11.5 Å². The fourth-order valence-corrected chi connectivity index (χ4v) is 5.00. The summed E-state index contributed by atoms with van der Waals surface area (Å²) in [4.78, 5) is 2.52. The fourth-order valence-electron chi connectivity index (χ4n) is 5.00. The Morgan fingerprint density at radius 3 is 2.43 bits per heavy atom. The van der Waals surface area contributed by atoms with Gasteiger partial charge in [-0.3, -0.25) is 0 Å². The third kappa shape index (κ3) is 5.35. The molecule has 164 valence electrons. The number of likely N-dealkylation sites (tertiary alicyclic amines) is 1. The maximum Gasteiger partial charge on any atom is 0.161 e. The Hall–Kier alpha value is -2.04. The monoisotopic (exact) mass is 410 g/mol. The average Bonchev–Trinajstić information content (AvgIpc) is 2.76. The van der Waals surface area contributed by atoms with E-state index in [1.165, 1.54) is 30.5 Å². The Morgan fingerprint density at radius 1 is 1.00 bits per heavy atom. The maximum atomic E-state index is 5.44. The Bertz CT molecular complexity index is 795. The molecular weight excluding hydrogens is 372 g/mol. The van der Waals surface area contributed by atoms with Crippen LogP contribution in [-0.2, 0) is 13.0 Å². The average molecular weight is 411 g/mol. The zero-order valence-electron chi connectivity index (χ0n) is 19.3. The summed E-state index contributed by atoms with van der Waals surface area (Å²) in [5.74, 6) is 2.23. The lowest BCUT2D eigenvalue weighted by Gasteiger charge is -2.49. The molecule has 0 spiro atoms. The first-order valence-corrected chi connectivity index (χ1v) is 11.1. The van der Waals surface area contributed by atoms with E-state index in [0.717, 1.165) is 31.0 Å². The molecule has 1 aliphatic rings. The van der Waals surface area contributed by atoms with Crippen LogP contribution in [0, 0.1) is 11.3 Å². The molecule has 2 aromatic rings. The fraction of sp³-hybridized carbons (Fsp3) is 0.538. The third-order valence-corrected chi connectivity index (χ3v) is 7.04. The number of nitrogens with one attached hydrogen (secondary N) is 1. The van der Waals surface area contributed by atoms with Crippen LogP contribution in [0.25, 0.3) is 0 Å². The minimum atomic E-state index is 0.331. The highest BCUT2D eigenvalue weighted by atomic mass is 16.5. The highest BCUT2D eigenvalue weighted by Crippen LogP contribution is 2.44. The normalized spacial score (nSPS) is 24.6. The van der Waals surface area contributed by atoms with Gasteiger partial charge in [0.15, 0.2) is 11.5 Å². The van der Waals surface area contributed by atoms with Crippen molar-refractivity contribution in [2.75, 3.05) is 34.4 Å². The summed E-state index contributed by atoms with van der Waals surface area (Å²) in [6.45, 7) is 7.85. The van der Waals surface area contributed by atoms with Crippen molar-refractivity contribution in [2.24, 2.45) is 11.3 Å². The van der Waals surface area contributed by atoms with Gasteiger partial charge in [0, 0.05) is 19.1 Å². The summed E-state index contributed by atoms with van der Waals surface area (Å²) in [5.41, 5.74) is 3.01. The number of methoxy groups -OCH3 is 2. The molecule has 1 saturated heterocycles. The molecule has 0 saturated carbocycles. The minimum Gasteiger partial charge on any atom is -0.493 e. The predicted octanol–water partition coefficient (Wildman–Crippen LogP) is 4.77. The van der Waals surface area contributed by atoms with E-state index in [2.05, 4.69) is 73.6 Å². The van der Waals surface area contributed by atoms with Crippen LogP contribution in [0.2, 0.25) is 0 Å². The number of piperidine rings is 1. The summed E-state index contributed by atoms with van der Waals surface area (Å²) in [6.07, 6.45) is 3.59. The zero-order chi connectivity index (χ0) is 21.6. The van der Waals surface area contributed by atoms with Gasteiger partial charge in [-0.2, -0.15) is 0 Å². The van der Waals surface area contributed by atoms with E-state index in [-0.39, 0.29) is 0 Å². The number of benzene rings is 2. The number of hydrogen-bond donors (Lipinski definition) is 1. The van der Waals surface area contributed by atoms with E-state index in [9.17, 15) is 0 Å². The lowest BCUT2D eigenvalue weighted by Crippen LogP contribution is -2.51. The summed E-state index contributed by atoms with van der Waals surface area (Å²) >= 11 is 0.